The summed E-state index contributed by atoms with van der Waals surface area (Å²) in [6.07, 6.45) is 0. The normalized spacial score (nSPS) is 13.7. The first-order chi connectivity index (χ1) is 5.27. The highest BCUT2D eigenvalue weighted by Gasteiger charge is 2.27. The van der Waals surface area contributed by atoms with Crippen LogP contribution < -0.4 is 16.8 Å². The van der Waals surface area contributed by atoms with Crippen molar-refractivity contribution < 1.29 is 9.59 Å². The van der Waals surface area contributed by atoms with Crippen LogP contribution in [-0.4, -0.2) is 23.4 Å². The maximum absolute atomic E-state index is 11.0. The number of hydrogen-bond donors (Lipinski definition) is 3. The predicted octanol–water partition coefficient (Wildman–Crippen LogP) is -1.29. The minimum atomic E-state index is -1.04. The molecule has 12 heavy (non-hydrogen) atoms. The first-order valence-electron chi connectivity index (χ1n) is 3.65. The van der Waals surface area contributed by atoms with E-state index in [0.29, 0.717) is 0 Å². The molecular formula is C7H15N3O2. The fourth-order valence-corrected chi connectivity index (χ4v) is 0.483. The first-order valence-corrected chi connectivity index (χ1v) is 3.65. The third-order valence-electron chi connectivity index (χ3n) is 1.47. The van der Waals surface area contributed by atoms with E-state index in [-0.39, 0.29) is 5.91 Å². The Labute approximate surface area is 71.5 Å². The van der Waals surface area contributed by atoms with Gasteiger partial charge in [-0.25, -0.2) is 0 Å². The second kappa shape index (κ2) is 3.53. The van der Waals surface area contributed by atoms with Gasteiger partial charge in [-0.05, 0) is 20.8 Å². The summed E-state index contributed by atoms with van der Waals surface area (Å²) in [5.41, 5.74) is 9.27. The first kappa shape index (κ1) is 10.9. The van der Waals surface area contributed by atoms with Gasteiger partial charge in [0, 0.05) is 0 Å². The van der Waals surface area contributed by atoms with Gasteiger partial charge in [-0.3, -0.25) is 9.59 Å². The molecule has 0 aromatic carbocycles. The van der Waals surface area contributed by atoms with Crippen LogP contribution in [0.15, 0.2) is 0 Å². The molecule has 2 amide bonds. The lowest BCUT2D eigenvalue weighted by molar-refractivity contribution is -0.130. The molecule has 0 saturated heterocycles. The van der Waals surface area contributed by atoms with E-state index in [1.54, 1.807) is 0 Å². The van der Waals surface area contributed by atoms with Crippen molar-refractivity contribution in [1.29, 1.82) is 0 Å². The lowest BCUT2D eigenvalue weighted by Gasteiger charge is -2.23. The molecule has 0 aliphatic rings. The van der Waals surface area contributed by atoms with Crippen molar-refractivity contribution >= 4 is 11.8 Å². The van der Waals surface area contributed by atoms with Crippen LogP contribution >= 0.6 is 0 Å². The van der Waals surface area contributed by atoms with Crippen molar-refractivity contribution in [2.45, 2.75) is 32.4 Å². The summed E-state index contributed by atoms with van der Waals surface area (Å²) in [6, 6.07) is -0.636. The molecule has 5 nitrogen and oxygen atoms in total. The number of amides is 2. The van der Waals surface area contributed by atoms with Gasteiger partial charge in [0.15, 0.2) is 0 Å². The van der Waals surface area contributed by atoms with Crippen molar-refractivity contribution in [3.05, 3.63) is 0 Å². The second-order valence-electron chi connectivity index (χ2n) is 3.27. The molecule has 0 radical (unpaired) electrons. The Hall–Kier alpha value is -1.10. The highest BCUT2D eigenvalue weighted by atomic mass is 16.2. The summed E-state index contributed by atoms with van der Waals surface area (Å²) in [6.45, 7) is 4.58. The number of nitrogens with two attached hydrogens (primary N) is 2. The van der Waals surface area contributed by atoms with Gasteiger partial charge >= 0.3 is 0 Å². The Morgan fingerprint density at radius 3 is 2.08 bits per heavy atom. The van der Waals surface area contributed by atoms with E-state index in [1.807, 2.05) is 0 Å². The van der Waals surface area contributed by atoms with E-state index >= 15 is 0 Å². The van der Waals surface area contributed by atoms with Gasteiger partial charge < -0.3 is 16.8 Å². The maximum Gasteiger partial charge on any atom is 0.242 e. The molecule has 0 spiro atoms. The van der Waals surface area contributed by atoms with E-state index in [2.05, 4.69) is 5.32 Å². The summed E-state index contributed by atoms with van der Waals surface area (Å²) in [7, 11) is 0. The summed E-state index contributed by atoms with van der Waals surface area (Å²) >= 11 is 0. The highest BCUT2D eigenvalue weighted by molar-refractivity contribution is 5.91. The van der Waals surface area contributed by atoms with Gasteiger partial charge in [0.25, 0.3) is 0 Å². The van der Waals surface area contributed by atoms with Crippen LogP contribution in [0.2, 0.25) is 0 Å². The van der Waals surface area contributed by atoms with E-state index in [1.165, 1.54) is 20.8 Å². The standard InChI is InChI=1S/C7H15N3O2/c1-4(8)5(11)10-7(2,3)6(9)12/h4H,8H2,1-3H3,(H2,9,12)(H,10,11). The molecule has 0 aliphatic carbocycles. The Morgan fingerprint density at radius 2 is 1.83 bits per heavy atom. The zero-order valence-electron chi connectivity index (χ0n) is 7.55. The number of hydrogen-bond acceptors (Lipinski definition) is 3. The fourth-order valence-electron chi connectivity index (χ4n) is 0.483. The van der Waals surface area contributed by atoms with Crippen LogP contribution in [0, 0.1) is 0 Å². The van der Waals surface area contributed by atoms with Crippen LogP contribution in [-0.2, 0) is 9.59 Å². The molecule has 0 bridgehead atoms. The molecule has 0 fully saturated rings. The summed E-state index contributed by atoms with van der Waals surface area (Å²) in [5, 5.41) is 2.42. The third kappa shape index (κ3) is 2.87. The average molecular weight is 173 g/mol. The maximum atomic E-state index is 11.0. The van der Waals surface area contributed by atoms with Crippen molar-refractivity contribution in [1.82, 2.24) is 5.32 Å². The Kier molecular flexibility index (Phi) is 3.21. The van der Waals surface area contributed by atoms with Gasteiger partial charge in [-0.1, -0.05) is 0 Å². The Balaban J connectivity index is 4.25. The molecular weight excluding hydrogens is 158 g/mol. The molecule has 1 unspecified atom stereocenters. The van der Waals surface area contributed by atoms with Gasteiger partial charge in [0.2, 0.25) is 11.8 Å². The highest BCUT2D eigenvalue weighted by Crippen LogP contribution is 1.99. The lowest BCUT2D eigenvalue weighted by Crippen LogP contribution is -2.56. The molecule has 0 heterocycles. The zero-order valence-corrected chi connectivity index (χ0v) is 7.55. The molecule has 5 heteroatoms. The molecule has 0 rings (SSSR count). The summed E-state index contributed by atoms with van der Waals surface area (Å²) in [5.74, 6) is -0.977. The van der Waals surface area contributed by atoms with Crippen molar-refractivity contribution in [3.8, 4) is 0 Å². The van der Waals surface area contributed by atoms with Crippen molar-refractivity contribution in [2.75, 3.05) is 0 Å². The van der Waals surface area contributed by atoms with Crippen molar-refractivity contribution in [2.24, 2.45) is 11.5 Å². The Morgan fingerprint density at radius 1 is 1.42 bits per heavy atom. The minimum Gasteiger partial charge on any atom is -0.368 e. The molecule has 0 aromatic rings. The predicted molar refractivity (Wildman–Crippen MR) is 45.1 cm³/mol. The van der Waals surface area contributed by atoms with E-state index in [0.717, 1.165) is 0 Å². The van der Waals surface area contributed by atoms with Crippen LogP contribution in [0.5, 0.6) is 0 Å². The average Bonchev–Trinajstić information content (AvgIpc) is 1.85. The monoisotopic (exact) mass is 173 g/mol. The summed E-state index contributed by atoms with van der Waals surface area (Å²) in [4.78, 5) is 21.8. The summed E-state index contributed by atoms with van der Waals surface area (Å²) < 4.78 is 0. The van der Waals surface area contributed by atoms with Gasteiger partial charge in [-0.2, -0.15) is 0 Å². The minimum absolute atomic E-state index is 0.390. The largest absolute Gasteiger partial charge is 0.368 e. The fraction of sp³-hybridized carbons (Fsp3) is 0.714. The van der Waals surface area contributed by atoms with Gasteiger partial charge in [-0.15, -0.1) is 0 Å². The van der Waals surface area contributed by atoms with Crippen LogP contribution in [0.1, 0.15) is 20.8 Å². The van der Waals surface area contributed by atoms with Crippen LogP contribution in [0.3, 0.4) is 0 Å². The SMILES string of the molecule is CC(N)C(=O)NC(C)(C)C(N)=O. The second-order valence-corrected chi connectivity index (χ2v) is 3.27. The molecule has 0 saturated carbocycles. The van der Waals surface area contributed by atoms with Crippen LogP contribution in [0.25, 0.3) is 0 Å². The zero-order chi connectivity index (χ0) is 9.94. The van der Waals surface area contributed by atoms with Gasteiger partial charge in [0.05, 0.1) is 6.04 Å². The van der Waals surface area contributed by atoms with E-state index < -0.39 is 17.5 Å². The Bertz CT molecular complexity index is 199. The number of nitrogens with one attached hydrogen (secondary N) is 1. The molecule has 0 aliphatic heterocycles. The molecule has 70 valence electrons. The molecule has 0 aromatic heterocycles. The van der Waals surface area contributed by atoms with Gasteiger partial charge in [0.1, 0.15) is 5.54 Å². The number of carbonyl (C=O) groups is 2. The number of primary amides is 1. The number of carbonyl (C=O) groups excluding carboxylic acids is 2. The topological polar surface area (TPSA) is 98.2 Å². The number of rotatable bonds is 3. The van der Waals surface area contributed by atoms with Crippen molar-refractivity contribution in [3.63, 3.8) is 0 Å². The van der Waals surface area contributed by atoms with E-state index in [9.17, 15) is 9.59 Å². The molecule has 5 N–H and O–H groups in total. The quantitative estimate of drug-likeness (QED) is 0.495. The lowest BCUT2D eigenvalue weighted by atomic mass is 10.0. The smallest absolute Gasteiger partial charge is 0.242 e. The van der Waals surface area contributed by atoms with E-state index in [4.69, 9.17) is 11.5 Å². The molecule has 1 atom stereocenters. The third-order valence-corrected chi connectivity index (χ3v) is 1.47. The van der Waals surface area contributed by atoms with Crippen LogP contribution in [0.4, 0.5) is 0 Å².